The predicted molar refractivity (Wildman–Crippen MR) is 243 cm³/mol. The van der Waals surface area contributed by atoms with Crippen molar-refractivity contribution in [3.8, 4) is 39.3 Å². The van der Waals surface area contributed by atoms with Crippen molar-refractivity contribution in [3.63, 3.8) is 0 Å². The van der Waals surface area contributed by atoms with Crippen molar-refractivity contribution < 1.29 is 0 Å². The number of hydrogen-bond acceptors (Lipinski definition) is 0. The molecule has 0 amide bonds. The summed E-state index contributed by atoms with van der Waals surface area (Å²) in [6.45, 7) is 0. The van der Waals surface area contributed by atoms with Crippen LogP contribution >= 0.6 is 0 Å². The summed E-state index contributed by atoms with van der Waals surface area (Å²) in [5.74, 6) is 0. The van der Waals surface area contributed by atoms with Crippen LogP contribution in [0, 0.1) is 0 Å². The van der Waals surface area contributed by atoms with E-state index in [9.17, 15) is 0 Å². The molecule has 0 bridgehead atoms. The molecular weight excluding hydrogens is 703 g/mol. The highest BCUT2D eigenvalue weighted by Gasteiger charge is 2.27. The molecule has 0 radical (unpaired) electrons. The zero-order valence-corrected chi connectivity index (χ0v) is 31.6. The Kier molecular flexibility index (Phi) is 6.50. The smallest absolute Gasteiger partial charge is 0.0549 e. The van der Waals surface area contributed by atoms with E-state index in [4.69, 9.17) is 0 Å². The fourth-order valence-corrected chi connectivity index (χ4v) is 10.3. The fourth-order valence-electron chi connectivity index (χ4n) is 10.3. The maximum absolute atomic E-state index is 2.54. The molecule has 12 aromatic rings. The van der Waals surface area contributed by atoms with Gasteiger partial charge in [-0.05, 0) is 100 Å². The van der Waals surface area contributed by atoms with Gasteiger partial charge in [0.05, 0.1) is 38.8 Å². The lowest BCUT2D eigenvalue weighted by molar-refractivity contribution is 1.12. The minimum absolute atomic E-state index is 0.893. The summed E-state index contributed by atoms with van der Waals surface area (Å²) in [5.41, 5.74) is 18.9. The van der Waals surface area contributed by atoms with Gasteiger partial charge in [-0.2, -0.15) is 0 Å². The molecule has 0 aliphatic heterocycles. The number of benzene rings is 9. The molecule has 3 aromatic heterocycles. The maximum Gasteiger partial charge on any atom is 0.0549 e. The Morgan fingerprint density at radius 3 is 1.52 bits per heavy atom. The fraction of sp³-hybridized carbons (Fsp3) is 0.0182. The lowest BCUT2D eigenvalue weighted by atomic mass is 9.96. The van der Waals surface area contributed by atoms with Crippen LogP contribution < -0.4 is 0 Å². The first kappa shape index (κ1) is 31.6. The molecule has 1 aliphatic carbocycles. The Labute approximate surface area is 334 Å². The minimum Gasteiger partial charge on any atom is -0.309 e. The van der Waals surface area contributed by atoms with Gasteiger partial charge in [-0.15, -0.1) is 0 Å². The average molecular weight is 738 g/mol. The van der Waals surface area contributed by atoms with Crippen LogP contribution in [0.25, 0.3) is 105 Å². The van der Waals surface area contributed by atoms with Crippen LogP contribution in [-0.4, -0.2) is 13.7 Å². The normalized spacial score (nSPS) is 12.4. The summed E-state index contributed by atoms with van der Waals surface area (Å²) in [5, 5.41) is 7.61. The Morgan fingerprint density at radius 1 is 0.293 bits per heavy atom. The highest BCUT2D eigenvalue weighted by atomic mass is 15.0. The van der Waals surface area contributed by atoms with Crippen LogP contribution in [0.1, 0.15) is 11.1 Å². The molecule has 0 unspecified atom stereocenters. The SMILES string of the molecule is c1ccc(-c2cccc3c2Cc2c-3cccc2-n2c3ccccc3c3c4c5ccccc5n(-c5ccc6c(c5)c5ccccc5n6-c5ccccc5)c4ccc32)cc1. The van der Waals surface area contributed by atoms with Gasteiger partial charge in [-0.3, -0.25) is 0 Å². The standard InChI is InChI=1S/C55H35N3/c1-3-15-35(16-4-1)38-22-13-23-39-40-24-14-28-50(46(40)34-44(38)39)58-49-27-12-9-21-43(49)55-53(58)32-31-52-54(55)42-20-8-11-26-48(42)57(52)37-29-30-51-45(33-37)41-19-7-10-25-47(41)56(51)36-17-5-2-6-18-36/h1-33H,34H2. The Bertz CT molecular complexity index is 3640. The molecule has 270 valence electrons. The van der Waals surface area contributed by atoms with E-state index in [0.29, 0.717) is 0 Å². The van der Waals surface area contributed by atoms with E-state index < -0.39 is 0 Å². The van der Waals surface area contributed by atoms with Crippen LogP contribution in [0.15, 0.2) is 200 Å². The molecule has 3 heteroatoms. The third kappa shape index (κ3) is 4.28. The number of para-hydroxylation sites is 4. The zero-order chi connectivity index (χ0) is 37.9. The van der Waals surface area contributed by atoms with Crippen LogP contribution in [0.5, 0.6) is 0 Å². The van der Waals surface area contributed by atoms with E-state index in [-0.39, 0.29) is 0 Å². The van der Waals surface area contributed by atoms with Gasteiger partial charge in [0, 0.05) is 50.1 Å². The molecule has 0 fully saturated rings. The van der Waals surface area contributed by atoms with Crippen molar-refractivity contribution >= 4 is 65.4 Å². The van der Waals surface area contributed by atoms with Gasteiger partial charge in [0.15, 0.2) is 0 Å². The van der Waals surface area contributed by atoms with Gasteiger partial charge in [0.25, 0.3) is 0 Å². The summed E-state index contributed by atoms with van der Waals surface area (Å²) in [6, 6.07) is 73.7. The molecule has 3 nitrogen and oxygen atoms in total. The summed E-state index contributed by atoms with van der Waals surface area (Å²) in [6.07, 6.45) is 0.893. The Balaban J connectivity index is 1.06. The molecular formula is C55H35N3. The van der Waals surface area contributed by atoms with E-state index in [1.165, 1.54) is 110 Å². The number of rotatable bonds is 4. The highest BCUT2D eigenvalue weighted by Crippen LogP contribution is 2.47. The first-order chi connectivity index (χ1) is 28.8. The highest BCUT2D eigenvalue weighted by molar-refractivity contribution is 6.29. The van der Waals surface area contributed by atoms with Crippen LogP contribution in [-0.2, 0) is 6.42 Å². The van der Waals surface area contributed by atoms with Gasteiger partial charge < -0.3 is 13.7 Å². The number of hydrogen-bond donors (Lipinski definition) is 0. The lowest BCUT2D eigenvalue weighted by Crippen LogP contribution is -1.99. The largest absolute Gasteiger partial charge is 0.309 e. The zero-order valence-electron chi connectivity index (χ0n) is 31.6. The van der Waals surface area contributed by atoms with E-state index >= 15 is 0 Å². The molecule has 0 spiro atoms. The summed E-state index contributed by atoms with van der Waals surface area (Å²) in [4.78, 5) is 0. The number of nitrogens with zero attached hydrogens (tertiary/aromatic N) is 3. The summed E-state index contributed by atoms with van der Waals surface area (Å²) < 4.78 is 7.40. The number of aromatic nitrogens is 3. The minimum atomic E-state index is 0.893. The Morgan fingerprint density at radius 2 is 0.793 bits per heavy atom. The van der Waals surface area contributed by atoms with Crippen molar-refractivity contribution in [3.05, 3.63) is 211 Å². The second kappa shape index (κ2) is 11.9. The van der Waals surface area contributed by atoms with Gasteiger partial charge in [0.2, 0.25) is 0 Å². The van der Waals surface area contributed by atoms with Gasteiger partial charge >= 0.3 is 0 Å². The van der Waals surface area contributed by atoms with Crippen molar-refractivity contribution in [2.24, 2.45) is 0 Å². The molecule has 3 heterocycles. The first-order valence-electron chi connectivity index (χ1n) is 20.2. The molecule has 9 aromatic carbocycles. The van der Waals surface area contributed by atoms with E-state index in [2.05, 4.69) is 214 Å². The predicted octanol–water partition coefficient (Wildman–Crippen LogP) is 14.2. The van der Waals surface area contributed by atoms with Crippen molar-refractivity contribution in [1.82, 2.24) is 13.7 Å². The molecule has 0 saturated carbocycles. The molecule has 13 rings (SSSR count). The van der Waals surface area contributed by atoms with Crippen LogP contribution in [0.2, 0.25) is 0 Å². The topological polar surface area (TPSA) is 14.8 Å². The first-order valence-corrected chi connectivity index (χ1v) is 20.2. The number of fused-ring (bicyclic) bond motifs is 13. The van der Waals surface area contributed by atoms with E-state index in [1.54, 1.807) is 0 Å². The third-order valence-corrected chi connectivity index (χ3v) is 12.7. The average Bonchev–Trinajstić information content (AvgIpc) is 4.03. The van der Waals surface area contributed by atoms with Gasteiger partial charge in [-0.1, -0.05) is 133 Å². The van der Waals surface area contributed by atoms with Crippen LogP contribution in [0.3, 0.4) is 0 Å². The molecule has 0 atom stereocenters. The second-order valence-corrected chi connectivity index (χ2v) is 15.6. The summed E-state index contributed by atoms with van der Waals surface area (Å²) >= 11 is 0. The van der Waals surface area contributed by atoms with Gasteiger partial charge in [-0.25, -0.2) is 0 Å². The van der Waals surface area contributed by atoms with Gasteiger partial charge in [0.1, 0.15) is 0 Å². The molecule has 0 N–H and O–H groups in total. The van der Waals surface area contributed by atoms with Crippen molar-refractivity contribution in [2.45, 2.75) is 6.42 Å². The lowest BCUT2D eigenvalue weighted by Gasteiger charge is -2.13. The van der Waals surface area contributed by atoms with Crippen LogP contribution in [0.4, 0.5) is 0 Å². The van der Waals surface area contributed by atoms with Crippen molar-refractivity contribution in [1.29, 1.82) is 0 Å². The Hall–Kier alpha value is -7.62. The molecule has 58 heavy (non-hydrogen) atoms. The second-order valence-electron chi connectivity index (χ2n) is 15.6. The van der Waals surface area contributed by atoms with E-state index in [0.717, 1.165) is 12.1 Å². The molecule has 1 aliphatic rings. The molecule has 0 saturated heterocycles. The van der Waals surface area contributed by atoms with Crippen molar-refractivity contribution in [2.75, 3.05) is 0 Å². The maximum atomic E-state index is 2.54. The summed E-state index contributed by atoms with van der Waals surface area (Å²) in [7, 11) is 0. The quantitative estimate of drug-likeness (QED) is 0.171. The van der Waals surface area contributed by atoms with E-state index in [1.807, 2.05) is 0 Å². The third-order valence-electron chi connectivity index (χ3n) is 12.7. The monoisotopic (exact) mass is 737 g/mol.